The van der Waals surface area contributed by atoms with Crippen molar-refractivity contribution in [3.05, 3.63) is 35.9 Å². The molecule has 0 bridgehead atoms. The van der Waals surface area contributed by atoms with Crippen LogP contribution in [-0.4, -0.2) is 60.8 Å². The molecule has 1 heterocycles. The fraction of sp³-hybridized carbons (Fsp3) is 0.529. The number of ether oxygens (including phenoxy) is 1. The molecule has 2 N–H and O–H groups in total. The average Bonchev–Trinajstić information content (AvgIpc) is 3.42. The summed E-state index contributed by atoms with van der Waals surface area (Å²) in [6.07, 6.45) is 1.54. The molecular formula is C17H22N2O4. The van der Waals surface area contributed by atoms with Gasteiger partial charge in [-0.3, -0.25) is 9.59 Å². The Balaban J connectivity index is 1.67. The van der Waals surface area contributed by atoms with Crippen molar-refractivity contribution in [1.29, 1.82) is 0 Å². The molecule has 1 aliphatic carbocycles. The zero-order valence-corrected chi connectivity index (χ0v) is 13.0. The Morgan fingerprint density at radius 2 is 1.87 bits per heavy atom. The zero-order valence-electron chi connectivity index (χ0n) is 13.0. The van der Waals surface area contributed by atoms with Gasteiger partial charge in [0.2, 0.25) is 11.8 Å². The van der Waals surface area contributed by atoms with Crippen molar-refractivity contribution in [3.63, 3.8) is 0 Å². The Labute approximate surface area is 135 Å². The lowest BCUT2D eigenvalue weighted by molar-refractivity contribution is -0.141. The largest absolute Gasteiger partial charge is 0.394 e. The summed E-state index contributed by atoms with van der Waals surface area (Å²) in [5, 5.41) is 12.3. The van der Waals surface area contributed by atoms with E-state index < -0.39 is 18.1 Å². The highest BCUT2D eigenvalue weighted by Crippen LogP contribution is 2.48. The molecule has 0 radical (unpaired) electrons. The van der Waals surface area contributed by atoms with E-state index in [0.29, 0.717) is 26.3 Å². The van der Waals surface area contributed by atoms with Crippen molar-refractivity contribution >= 4 is 11.8 Å². The van der Waals surface area contributed by atoms with E-state index in [1.165, 1.54) is 0 Å². The normalized spacial score (nSPS) is 20.7. The second-order valence-corrected chi connectivity index (χ2v) is 6.09. The van der Waals surface area contributed by atoms with Gasteiger partial charge in [0, 0.05) is 13.1 Å². The van der Waals surface area contributed by atoms with Gasteiger partial charge >= 0.3 is 0 Å². The third-order valence-electron chi connectivity index (χ3n) is 4.62. The fourth-order valence-electron chi connectivity index (χ4n) is 3.02. The Bertz CT molecular complexity index is 565. The highest BCUT2D eigenvalue weighted by atomic mass is 16.5. The first-order valence-electron chi connectivity index (χ1n) is 8.01. The number of aliphatic hydroxyl groups excluding tert-OH is 1. The van der Waals surface area contributed by atoms with Crippen LogP contribution < -0.4 is 5.32 Å². The smallest absolute Gasteiger partial charge is 0.247 e. The molecule has 1 saturated heterocycles. The van der Waals surface area contributed by atoms with Crippen LogP contribution >= 0.6 is 0 Å². The van der Waals surface area contributed by atoms with Gasteiger partial charge in [-0.2, -0.15) is 0 Å². The molecular weight excluding hydrogens is 296 g/mol. The highest BCUT2D eigenvalue weighted by molar-refractivity contribution is 5.95. The number of morpholine rings is 1. The minimum Gasteiger partial charge on any atom is -0.394 e. The first kappa shape index (κ1) is 16.0. The third-order valence-corrected chi connectivity index (χ3v) is 4.62. The average molecular weight is 318 g/mol. The molecule has 0 unspecified atom stereocenters. The summed E-state index contributed by atoms with van der Waals surface area (Å²) in [5.41, 5.74) is 0.424. The van der Waals surface area contributed by atoms with Crippen LogP contribution in [0.4, 0.5) is 0 Å². The molecule has 6 nitrogen and oxygen atoms in total. The van der Waals surface area contributed by atoms with E-state index in [9.17, 15) is 14.7 Å². The molecule has 0 aromatic heterocycles. The molecule has 2 aliphatic rings. The van der Waals surface area contributed by atoms with E-state index in [0.717, 1.165) is 18.4 Å². The van der Waals surface area contributed by atoms with Crippen LogP contribution in [0.1, 0.15) is 18.4 Å². The summed E-state index contributed by atoms with van der Waals surface area (Å²) in [7, 11) is 0. The van der Waals surface area contributed by atoms with Gasteiger partial charge in [0.1, 0.15) is 6.04 Å². The molecule has 2 amide bonds. The number of nitrogens with one attached hydrogen (secondary N) is 1. The van der Waals surface area contributed by atoms with Crippen LogP contribution in [0, 0.1) is 0 Å². The standard InChI is InChI=1S/C17H22N2O4/c20-12-14(15(21)19-8-10-23-11-9-19)18-16(22)17(6-7-17)13-4-2-1-3-5-13/h1-5,14,20H,6-12H2,(H,18,22)/t14-/m0/s1. The maximum Gasteiger partial charge on any atom is 0.247 e. The van der Waals surface area contributed by atoms with Gasteiger partial charge in [-0.05, 0) is 18.4 Å². The predicted octanol–water partition coefficient (Wildman–Crippen LogP) is 0.0541. The van der Waals surface area contributed by atoms with Crippen LogP contribution in [0.2, 0.25) is 0 Å². The number of aliphatic hydroxyl groups is 1. The SMILES string of the molecule is O=C([C@H](CO)NC(=O)C1(c2ccccc2)CC1)N1CCOCC1. The molecule has 0 spiro atoms. The Kier molecular flexibility index (Phi) is 4.63. The van der Waals surface area contributed by atoms with Crippen molar-refractivity contribution in [1.82, 2.24) is 10.2 Å². The molecule has 124 valence electrons. The Hall–Kier alpha value is -1.92. The minimum atomic E-state index is -0.887. The second-order valence-electron chi connectivity index (χ2n) is 6.09. The molecule has 2 fully saturated rings. The topological polar surface area (TPSA) is 78.9 Å². The number of hydrogen-bond donors (Lipinski definition) is 2. The number of carbonyl (C=O) groups excluding carboxylic acids is 2. The van der Waals surface area contributed by atoms with Crippen molar-refractivity contribution in [3.8, 4) is 0 Å². The summed E-state index contributed by atoms with van der Waals surface area (Å²) in [5.74, 6) is -0.419. The molecule has 1 aliphatic heterocycles. The maximum atomic E-state index is 12.7. The first-order valence-corrected chi connectivity index (χ1v) is 8.01. The highest BCUT2D eigenvalue weighted by Gasteiger charge is 2.51. The number of rotatable bonds is 5. The predicted molar refractivity (Wildman–Crippen MR) is 83.8 cm³/mol. The van der Waals surface area contributed by atoms with Gasteiger partial charge in [-0.1, -0.05) is 30.3 Å². The number of benzene rings is 1. The van der Waals surface area contributed by atoms with Crippen LogP contribution in [-0.2, 0) is 19.7 Å². The molecule has 6 heteroatoms. The summed E-state index contributed by atoms with van der Waals surface area (Å²) >= 11 is 0. The lowest BCUT2D eigenvalue weighted by Crippen LogP contribution is -2.54. The first-order chi connectivity index (χ1) is 11.2. The van der Waals surface area contributed by atoms with Gasteiger partial charge in [0.15, 0.2) is 0 Å². The molecule has 3 rings (SSSR count). The van der Waals surface area contributed by atoms with E-state index in [2.05, 4.69) is 5.32 Å². The Morgan fingerprint density at radius 1 is 1.22 bits per heavy atom. The summed E-state index contributed by atoms with van der Waals surface area (Å²) < 4.78 is 5.22. The molecule has 1 aromatic rings. The molecule has 1 atom stereocenters. The van der Waals surface area contributed by atoms with Gasteiger partial charge < -0.3 is 20.1 Å². The van der Waals surface area contributed by atoms with Crippen molar-refractivity contribution < 1.29 is 19.4 Å². The van der Waals surface area contributed by atoms with E-state index in [-0.39, 0.29) is 11.8 Å². The van der Waals surface area contributed by atoms with Gasteiger partial charge in [-0.25, -0.2) is 0 Å². The van der Waals surface area contributed by atoms with Crippen molar-refractivity contribution in [2.45, 2.75) is 24.3 Å². The fourth-order valence-corrected chi connectivity index (χ4v) is 3.02. The zero-order chi connectivity index (χ0) is 16.3. The van der Waals surface area contributed by atoms with Gasteiger partial charge in [-0.15, -0.1) is 0 Å². The summed E-state index contributed by atoms with van der Waals surface area (Å²) in [6, 6.07) is 8.71. The second kappa shape index (κ2) is 6.68. The number of hydrogen-bond acceptors (Lipinski definition) is 4. The van der Waals surface area contributed by atoms with Gasteiger partial charge in [0.25, 0.3) is 0 Å². The van der Waals surface area contributed by atoms with E-state index in [4.69, 9.17) is 4.74 Å². The van der Waals surface area contributed by atoms with Gasteiger partial charge in [0.05, 0.1) is 25.2 Å². The van der Waals surface area contributed by atoms with E-state index in [1.807, 2.05) is 30.3 Å². The monoisotopic (exact) mass is 318 g/mol. The number of nitrogens with zero attached hydrogens (tertiary/aromatic N) is 1. The maximum absolute atomic E-state index is 12.7. The summed E-state index contributed by atoms with van der Waals surface area (Å²) in [6.45, 7) is 1.58. The van der Waals surface area contributed by atoms with Crippen molar-refractivity contribution in [2.24, 2.45) is 0 Å². The quantitative estimate of drug-likeness (QED) is 0.804. The van der Waals surface area contributed by atoms with Crippen molar-refractivity contribution in [2.75, 3.05) is 32.9 Å². The van der Waals surface area contributed by atoms with Crippen LogP contribution in [0.5, 0.6) is 0 Å². The summed E-state index contributed by atoms with van der Waals surface area (Å²) in [4.78, 5) is 26.7. The molecule has 1 aromatic carbocycles. The Morgan fingerprint density at radius 3 is 2.43 bits per heavy atom. The number of amides is 2. The van der Waals surface area contributed by atoms with Crippen LogP contribution in [0.25, 0.3) is 0 Å². The van der Waals surface area contributed by atoms with E-state index in [1.54, 1.807) is 4.90 Å². The van der Waals surface area contributed by atoms with E-state index >= 15 is 0 Å². The minimum absolute atomic E-state index is 0.177. The molecule has 23 heavy (non-hydrogen) atoms. The lowest BCUT2D eigenvalue weighted by atomic mass is 9.94. The number of carbonyl (C=O) groups is 2. The molecule has 1 saturated carbocycles. The van der Waals surface area contributed by atoms with Crippen LogP contribution in [0.3, 0.4) is 0 Å². The van der Waals surface area contributed by atoms with Crippen LogP contribution in [0.15, 0.2) is 30.3 Å². The third kappa shape index (κ3) is 3.23. The lowest BCUT2D eigenvalue weighted by Gasteiger charge is -2.30.